The van der Waals surface area contributed by atoms with Gasteiger partial charge in [0.15, 0.2) is 11.6 Å². The van der Waals surface area contributed by atoms with Crippen LogP contribution in [0.1, 0.15) is 105 Å². The number of aromatic hydroxyl groups is 1. The van der Waals surface area contributed by atoms with Gasteiger partial charge in [-0.2, -0.15) is 0 Å². The first-order valence-corrected chi connectivity index (χ1v) is 15.5. The molecule has 3 fully saturated rings. The molecule has 4 unspecified atom stereocenters. The van der Waals surface area contributed by atoms with E-state index in [0.717, 1.165) is 36.8 Å². The number of benzene rings is 2. The molecule has 5 atom stereocenters. The minimum absolute atomic E-state index is 0.0110. The van der Waals surface area contributed by atoms with Crippen LogP contribution in [0.5, 0.6) is 11.5 Å². The summed E-state index contributed by atoms with van der Waals surface area (Å²) in [5.74, 6) is 2.76. The smallest absolute Gasteiger partial charge is 0.245 e. The summed E-state index contributed by atoms with van der Waals surface area (Å²) in [5.41, 5.74) is 1.87. The number of carbonyl (C=O) groups is 3. The van der Waals surface area contributed by atoms with E-state index in [1.165, 1.54) is 37.8 Å². The zero-order valence-electron chi connectivity index (χ0n) is 24.4. The Morgan fingerprint density at radius 2 is 1.71 bits per heavy atom. The molecular formula is C35H43NO5. The molecule has 5 rings (SSSR count). The molecule has 2 aromatic carbocycles. The number of nitrogens with zero attached hydrogens (tertiary/aromatic N) is 1. The van der Waals surface area contributed by atoms with Crippen LogP contribution >= 0.6 is 0 Å². The zero-order chi connectivity index (χ0) is 29.0. The van der Waals surface area contributed by atoms with E-state index in [1.54, 1.807) is 18.3 Å². The number of carbonyl (C=O) groups excluding carboxylic acids is 3. The third-order valence-electron chi connectivity index (χ3n) is 9.67. The first kappa shape index (κ1) is 29.2. The highest BCUT2D eigenvalue weighted by molar-refractivity contribution is 6.07. The molecule has 3 aliphatic rings. The van der Waals surface area contributed by atoms with E-state index in [9.17, 15) is 19.5 Å². The van der Waals surface area contributed by atoms with Crippen LogP contribution in [0.25, 0.3) is 0 Å². The van der Waals surface area contributed by atoms with Crippen LogP contribution in [0, 0.1) is 29.1 Å². The van der Waals surface area contributed by atoms with Crippen LogP contribution < -0.4 is 4.74 Å². The van der Waals surface area contributed by atoms with Crippen LogP contribution in [-0.2, 0) is 4.79 Å². The predicted octanol–water partition coefficient (Wildman–Crippen LogP) is 7.63. The fourth-order valence-electron chi connectivity index (χ4n) is 7.33. The number of rotatable bonds is 15. The summed E-state index contributed by atoms with van der Waals surface area (Å²) in [6.07, 6.45) is 11.7. The molecule has 0 saturated heterocycles. The molecule has 218 valence electrons. The maximum atomic E-state index is 13.5. The van der Waals surface area contributed by atoms with Gasteiger partial charge in [-0.1, -0.05) is 6.42 Å². The number of unbranched alkanes of at least 4 members (excludes halogenated alkanes) is 2. The lowest BCUT2D eigenvalue weighted by Gasteiger charge is -2.39. The normalized spacial score (nSPS) is 24.9. The number of ketones is 2. The van der Waals surface area contributed by atoms with Gasteiger partial charge in [-0.15, -0.1) is 0 Å². The second kappa shape index (κ2) is 12.7. The number of amides is 1. The summed E-state index contributed by atoms with van der Waals surface area (Å²) in [7, 11) is 0. The Labute approximate surface area is 243 Å². The number of hydrogen-bond donors (Lipinski definition) is 1. The predicted molar refractivity (Wildman–Crippen MR) is 160 cm³/mol. The standard InChI is InChI=1S/C35H43NO5/c1-23(2)41-30-16-12-25(13-17-30)34(40)27(9-8-26-20-28-21-35(28)19-18-31(26)35)22-36-33(39)7-5-3-4-6-32(38)24-10-14-29(37)15-11-24/h10-17,22-23,26-28,31,37H,3-9,18-21H2,1-2H3/t26?,27?,28?,31-,35?/m0/s1. The largest absolute Gasteiger partial charge is 0.508 e. The molecule has 1 amide bonds. The SMILES string of the molecule is CC(C)Oc1ccc(C(=O)C(C=NC(=O)CCCCCC(=O)c2ccc(O)cc2)CCC2CC3CC34CC[C@@H]24)cc1. The van der Waals surface area contributed by atoms with Crippen molar-refractivity contribution in [2.45, 2.75) is 90.6 Å². The molecule has 0 aliphatic heterocycles. The molecule has 41 heavy (non-hydrogen) atoms. The van der Waals surface area contributed by atoms with Crippen LogP contribution in [0.3, 0.4) is 0 Å². The van der Waals surface area contributed by atoms with Crippen molar-refractivity contribution in [2.24, 2.45) is 34.1 Å². The zero-order valence-corrected chi connectivity index (χ0v) is 24.4. The van der Waals surface area contributed by atoms with Gasteiger partial charge < -0.3 is 9.84 Å². The first-order chi connectivity index (χ1) is 19.7. The van der Waals surface area contributed by atoms with E-state index in [-0.39, 0.29) is 29.3 Å². The minimum Gasteiger partial charge on any atom is -0.508 e. The van der Waals surface area contributed by atoms with Gasteiger partial charge in [0.1, 0.15) is 11.5 Å². The van der Waals surface area contributed by atoms with Crippen molar-refractivity contribution in [2.75, 3.05) is 0 Å². The van der Waals surface area contributed by atoms with Gasteiger partial charge in [-0.3, -0.25) is 14.4 Å². The quantitative estimate of drug-likeness (QED) is 0.138. The third-order valence-corrected chi connectivity index (χ3v) is 9.67. The number of ether oxygens (including phenoxy) is 1. The topological polar surface area (TPSA) is 93.0 Å². The van der Waals surface area contributed by atoms with Crippen LogP contribution in [0.15, 0.2) is 53.5 Å². The first-order valence-electron chi connectivity index (χ1n) is 15.5. The monoisotopic (exact) mass is 557 g/mol. The molecule has 0 bridgehead atoms. The highest BCUT2D eigenvalue weighted by Gasteiger charge is 2.69. The summed E-state index contributed by atoms with van der Waals surface area (Å²) >= 11 is 0. The molecule has 0 heterocycles. The van der Waals surface area contributed by atoms with E-state index < -0.39 is 5.92 Å². The van der Waals surface area contributed by atoms with E-state index in [0.29, 0.717) is 48.1 Å². The van der Waals surface area contributed by atoms with Crippen molar-refractivity contribution < 1.29 is 24.2 Å². The van der Waals surface area contributed by atoms with Crippen molar-refractivity contribution in [1.29, 1.82) is 0 Å². The van der Waals surface area contributed by atoms with Gasteiger partial charge in [-0.05, 0) is 137 Å². The van der Waals surface area contributed by atoms with Gasteiger partial charge in [0.25, 0.3) is 0 Å². The number of phenols is 1. The van der Waals surface area contributed by atoms with E-state index in [2.05, 4.69) is 4.99 Å². The number of hydrogen-bond acceptors (Lipinski definition) is 5. The van der Waals surface area contributed by atoms with Gasteiger partial charge in [0.05, 0.1) is 12.0 Å². The van der Waals surface area contributed by atoms with Crippen molar-refractivity contribution in [3.63, 3.8) is 0 Å². The average molecular weight is 558 g/mol. The molecule has 1 spiro atoms. The molecule has 6 heteroatoms. The van der Waals surface area contributed by atoms with E-state index >= 15 is 0 Å². The second-order valence-corrected chi connectivity index (χ2v) is 12.7. The summed E-state index contributed by atoms with van der Waals surface area (Å²) in [5, 5.41) is 9.37. The maximum Gasteiger partial charge on any atom is 0.245 e. The summed E-state index contributed by atoms with van der Waals surface area (Å²) < 4.78 is 5.73. The van der Waals surface area contributed by atoms with Crippen LogP contribution in [0.4, 0.5) is 0 Å². The Hall–Kier alpha value is -3.28. The molecule has 1 N–H and O–H groups in total. The van der Waals surface area contributed by atoms with Gasteiger partial charge in [-0.25, -0.2) is 4.99 Å². The second-order valence-electron chi connectivity index (χ2n) is 12.7. The molecule has 2 aromatic rings. The van der Waals surface area contributed by atoms with Gasteiger partial charge in [0.2, 0.25) is 5.91 Å². The molecule has 6 nitrogen and oxygen atoms in total. The van der Waals surface area contributed by atoms with Crippen molar-refractivity contribution >= 4 is 23.7 Å². The van der Waals surface area contributed by atoms with E-state index in [4.69, 9.17) is 4.74 Å². The van der Waals surface area contributed by atoms with E-state index in [1.807, 2.05) is 38.1 Å². The molecule has 3 aliphatic carbocycles. The minimum atomic E-state index is -0.410. The van der Waals surface area contributed by atoms with Crippen molar-refractivity contribution in [3.8, 4) is 11.5 Å². The maximum absolute atomic E-state index is 13.5. The summed E-state index contributed by atoms with van der Waals surface area (Å²) in [4.78, 5) is 42.7. The van der Waals surface area contributed by atoms with Crippen molar-refractivity contribution in [1.82, 2.24) is 0 Å². The Morgan fingerprint density at radius 1 is 1.00 bits per heavy atom. The number of phenolic OH excluding ortho intramolecular Hbond substituents is 1. The van der Waals surface area contributed by atoms with Crippen molar-refractivity contribution in [3.05, 3.63) is 59.7 Å². The summed E-state index contributed by atoms with van der Waals surface area (Å²) in [6.45, 7) is 3.94. The molecule has 0 aromatic heterocycles. The number of aliphatic imine (C=N–C) groups is 1. The molecular weight excluding hydrogens is 514 g/mol. The highest BCUT2D eigenvalue weighted by atomic mass is 16.5. The highest BCUT2D eigenvalue weighted by Crippen LogP contribution is 2.78. The Kier molecular flexibility index (Phi) is 9.06. The lowest BCUT2D eigenvalue weighted by atomic mass is 9.66. The van der Waals surface area contributed by atoms with Crippen LogP contribution in [0.2, 0.25) is 0 Å². The Morgan fingerprint density at radius 3 is 2.37 bits per heavy atom. The summed E-state index contributed by atoms with van der Waals surface area (Å²) in [6, 6.07) is 13.6. The Bertz CT molecular complexity index is 1260. The Balaban J connectivity index is 1.12. The number of Topliss-reactive ketones (excluding diaryl/α,β-unsaturated/α-hetero) is 2. The fraction of sp³-hybridized carbons (Fsp3) is 0.543. The molecule has 0 radical (unpaired) electrons. The third kappa shape index (κ3) is 6.97. The average Bonchev–Trinajstić information content (AvgIpc) is 3.64. The lowest BCUT2D eigenvalue weighted by molar-refractivity contribution is -0.117. The lowest BCUT2D eigenvalue weighted by Crippen LogP contribution is -2.30. The van der Waals surface area contributed by atoms with Crippen LogP contribution in [-0.4, -0.2) is 34.9 Å². The fourth-order valence-corrected chi connectivity index (χ4v) is 7.33. The molecule has 3 saturated carbocycles. The van der Waals surface area contributed by atoms with Gasteiger partial charge in [0, 0.05) is 30.2 Å². The van der Waals surface area contributed by atoms with Gasteiger partial charge >= 0.3 is 0 Å².